The molecule has 0 unspecified atom stereocenters. The molecule has 0 atom stereocenters. The lowest BCUT2D eigenvalue weighted by atomic mass is 10.1. The smallest absolute Gasteiger partial charge is 0.329 e. The largest absolute Gasteiger partial charge is 0.496 e. The summed E-state index contributed by atoms with van der Waals surface area (Å²) in [5.41, 5.74) is 3.97. The number of anilines is 1. The fourth-order valence-corrected chi connectivity index (χ4v) is 4.02. The number of aryl methyl sites for hydroxylation is 2. The van der Waals surface area contributed by atoms with E-state index in [9.17, 15) is 9.59 Å². The van der Waals surface area contributed by atoms with Crippen LogP contribution in [-0.2, 0) is 18.4 Å². The Balaban J connectivity index is 1.56. The van der Waals surface area contributed by atoms with E-state index in [1.807, 2.05) is 54.8 Å². The zero-order valence-corrected chi connectivity index (χ0v) is 17.1. The summed E-state index contributed by atoms with van der Waals surface area (Å²) in [6.07, 6.45) is 0. The molecule has 0 spiro atoms. The van der Waals surface area contributed by atoms with Crippen molar-refractivity contribution >= 4 is 33.4 Å². The van der Waals surface area contributed by atoms with Crippen molar-refractivity contribution in [1.82, 2.24) is 14.1 Å². The maximum Gasteiger partial charge on any atom is 0.329 e. The van der Waals surface area contributed by atoms with Gasteiger partial charge in [0.1, 0.15) is 12.3 Å². The maximum absolute atomic E-state index is 12.6. The molecule has 0 radical (unpaired) electrons. The maximum atomic E-state index is 12.6. The second kappa shape index (κ2) is 7.56. The monoisotopic (exact) mass is 408 g/mol. The van der Waals surface area contributed by atoms with E-state index in [1.54, 1.807) is 14.2 Å². The van der Waals surface area contributed by atoms with Gasteiger partial charge in [-0.05, 0) is 31.2 Å². The van der Waals surface area contributed by atoms with Gasteiger partial charge in [0.25, 0.3) is 0 Å². The van der Waals surface area contributed by atoms with Crippen LogP contribution in [0.3, 0.4) is 0 Å². The van der Waals surface area contributed by atoms with Gasteiger partial charge in [-0.3, -0.25) is 13.9 Å². The van der Waals surface area contributed by atoms with Crippen LogP contribution in [0.4, 0.5) is 5.13 Å². The van der Waals surface area contributed by atoms with E-state index in [0.717, 1.165) is 33.6 Å². The number of hydrogen-bond acceptors (Lipinski definition) is 5. The molecule has 0 saturated carbocycles. The number of carbonyl (C=O) groups excluding carboxylic acids is 1. The van der Waals surface area contributed by atoms with E-state index in [1.165, 1.54) is 20.5 Å². The molecule has 8 heteroatoms. The number of carbonyl (C=O) groups is 1. The molecule has 0 fully saturated rings. The van der Waals surface area contributed by atoms with Gasteiger partial charge >= 0.3 is 5.69 Å². The van der Waals surface area contributed by atoms with E-state index in [-0.39, 0.29) is 18.1 Å². The summed E-state index contributed by atoms with van der Waals surface area (Å²) < 4.78 is 8.41. The molecule has 1 amide bonds. The highest BCUT2D eigenvalue weighted by Gasteiger charge is 2.15. The van der Waals surface area contributed by atoms with E-state index in [4.69, 9.17) is 4.74 Å². The van der Waals surface area contributed by atoms with Gasteiger partial charge in [0, 0.05) is 18.0 Å². The molecule has 1 N–H and O–H groups in total. The van der Waals surface area contributed by atoms with Crippen molar-refractivity contribution in [3.8, 4) is 17.0 Å². The van der Waals surface area contributed by atoms with Crippen LogP contribution in [0.1, 0.15) is 5.56 Å². The number of para-hydroxylation sites is 2. The van der Waals surface area contributed by atoms with Gasteiger partial charge in [-0.2, -0.15) is 0 Å². The SMILES string of the molecule is COc1ccc(C)cc1-c1csc(NC(=O)Cn2c(=O)n(C)c3ccccc32)n1. The molecule has 4 aromatic rings. The third-order valence-electron chi connectivity index (χ3n) is 4.73. The van der Waals surface area contributed by atoms with Crippen molar-refractivity contribution in [2.45, 2.75) is 13.5 Å². The summed E-state index contributed by atoms with van der Waals surface area (Å²) in [6.45, 7) is 1.92. The quantitative estimate of drug-likeness (QED) is 0.549. The molecule has 0 aliphatic carbocycles. The molecular weight excluding hydrogens is 388 g/mol. The molecule has 148 valence electrons. The fraction of sp³-hybridized carbons (Fsp3) is 0.190. The number of benzene rings is 2. The first kappa shape index (κ1) is 18.9. The number of rotatable bonds is 5. The predicted molar refractivity (Wildman–Crippen MR) is 115 cm³/mol. The van der Waals surface area contributed by atoms with Crippen LogP contribution in [0.15, 0.2) is 52.6 Å². The third kappa shape index (κ3) is 3.54. The first-order valence-corrected chi connectivity index (χ1v) is 9.90. The third-order valence-corrected chi connectivity index (χ3v) is 5.49. The molecule has 7 nitrogen and oxygen atoms in total. The Morgan fingerprint density at radius 2 is 1.97 bits per heavy atom. The van der Waals surface area contributed by atoms with Crippen LogP contribution in [0, 0.1) is 6.92 Å². The lowest BCUT2D eigenvalue weighted by Crippen LogP contribution is -2.28. The van der Waals surface area contributed by atoms with Gasteiger partial charge in [-0.15, -0.1) is 11.3 Å². The minimum absolute atomic E-state index is 0.0805. The molecule has 2 aromatic heterocycles. The Morgan fingerprint density at radius 3 is 2.72 bits per heavy atom. The Kier molecular flexibility index (Phi) is 4.94. The molecule has 0 saturated heterocycles. The topological polar surface area (TPSA) is 78.1 Å². The number of thiazole rings is 1. The molecule has 0 bridgehead atoms. The number of ether oxygens (including phenoxy) is 1. The van der Waals surface area contributed by atoms with E-state index >= 15 is 0 Å². The molecule has 0 aliphatic heterocycles. The first-order valence-electron chi connectivity index (χ1n) is 9.02. The highest BCUT2D eigenvalue weighted by Crippen LogP contribution is 2.33. The zero-order chi connectivity index (χ0) is 20.5. The van der Waals surface area contributed by atoms with Gasteiger partial charge < -0.3 is 10.1 Å². The molecule has 4 rings (SSSR count). The zero-order valence-electron chi connectivity index (χ0n) is 16.3. The average molecular weight is 408 g/mol. The lowest BCUT2D eigenvalue weighted by Gasteiger charge is -2.07. The van der Waals surface area contributed by atoms with E-state index in [0.29, 0.717) is 5.13 Å². The van der Waals surface area contributed by atoms with Gasteiger partial charge in [0.2, 0.25) is 5.91 Å². The van der Waals surface area contributed by atoms with Gasteiger partial charge in [0.05, 0.1) is 23.8 Å². The number of amides is 1. The standard InChI is InChI=1S/C21H20N4O3S/c1-13-8-9-18(28-3)14(10-13)15-12-29-20(22-15)23-19(26)11-25-17-7-5-4-6-16(17)24(2)21(25)27/h4-10,12H,11H2,1-3H3,(H,22,23,26). The van der Waals surface area contributed by atoms with Crippen molar-refractivity contribution < 1.29 is 9.53 Å². The minimum Gasteiger partial charge on any atom is -0.496 e. The van der Waals surface area contributed by atoms with Crippen molar-refractivity contribution in [3.63, 3.8) is 0 Å². The van der Waals surface area contributed by atoms with E-state index < -0.39 is 0 Å². The number of hydrogen-bond donors (Lipinski definition) is 1. The van der Waals surface area contributed by atoms with Crippen molar-refractivity contribution in [2.75, 3.05) is 12.4 Å². The van der Waals surface area contributed by atoms with Crippen molar-refractivity contribution in [2.24, 2.45) is 7.05 Å². The summed E-state index contributed by atoms with van der Waals surface area (Å²) in [6, 6.07) is 13.3. The Morgan fingerprint density at radius 1 is 1.21 bits per heavy atom. The van der Waals surface area contributed by atoms with Crippen LogP contribution in [0.25, 0.3) is 22.3 Å². The predicted octanol–water partition coefficient (Wildman–Crippen LogP) is 3.42. The summed E-state index contributed by atoms with van der Waals surface area (Å²) in [4.78, 5) is 29.6. The van der Waals surface area contributed by atoms with Gasteiger partial charge in [-0.1, -0.05) is 23.8 Å². The molecule has 0 aliphatic rings. The molecule has 2 heterocycles. The van der Waals surface area contributed by atoms with E-state index in [2.05, 4.69) is 10.3 Å². The van der Waals surface area contributed by atoms with Gasteiger partial charge in [0.15, 0.2) is 5.13 Å². The van der Waals surface area contributed by atoms with Crippen LogP contribution in [0.2, 0.25) is 0 Å². The molecular formula is C21H20N4O3S. The number of aromatic nitrogens is 3. The number of nitrogens with one attached hydrogen (secondary N) is 1. The fourth-order valence-electron chi connectivity index (χ4n) is 3.30. The average Bonchev–Trinajstić information content (AvgIpc) is 3.27. The number of imidazole rings is 1. The highest BCUT2D eigenvalue weighted by atomic mass is 32.1. The normalized spacial score (nSPS) is 11.0. The Labute approximate surface area is 171 Å². The molecule has 2 aromatic carbocycles. The number of fused-ring (bicyclic) bond motifs is 1. The summed E-state index contributed by atoms with van der Waals surface area (Å²) >= 11 is 1.33. The molecule has 29 heavy (non-hydrogen) atoms. The minimum atomic E-state index is -0.305. The van der Waals surface area contributed by atoms with Crippen molar-refractivity contribution in [3.05, 3.63) is 63.9 Å². The van der Waals surface area contributed by atoms with Crippen molar-refractivity contribution in [1.29, 1.82) is 0 Å². The van der Waals surface area contributed by atoms with Crippen LogP contribution >= 0.6 is 11.3 Å². The van der Waals surface area contributed by atoms with Crippen LogP contribution in [0.5, 0.6) is 5.75 Å². The Bertz CT molecular complexity index is 1270. The Hall–Kier alpha value is -3.39. The summed E-state index contributed by atoms with van der Waals surface area (Å²) in [5, 5.41) is 5.14. The lowest BCUT2D eigenvalue weighted by molar-refractivity contribution is -0.116. The number of nitrogens with zero attached hydrogens (tertiary/aromatic N) is 3. The second-order valence-electron chi connectivity index (χ2n) is 6.71. The second-order valence-corrected chi connectivity index (χ2v) is 7.56. The van der Waals surface area contributed by atoms with Crippen LogP contribution < -0.4 is 15.7 Å². The first-order chi connectivity index (χ1) is 14.0. The summed E-state index contributed by atoms with van der Waals surface area (Å²) in [7, 11) is 3.31. The highest BCUT2D eigenvalue weighted by molar-refractivity contribution is 7.14. The van der Waals surface area contributed by atoms with Crippen LogP contribution in [-0.4, -0.2) is 27.1 Å². The van der Waals surface area contributed by atoms with Gasteiger partial charge in [-0.25, -0.2) is 9.78 Å². The summed E-state index contributed by atoms with van der Waals surface area (Å²) in [5.74, 6) is 0.418. The number of methoxy groups -OCH3 is 1.